The summed E-state index contributed by atoms with van der Waals surface area (Å²) in [5.74, 6) is 0.0504. The summed E-state index contributed by atoms with van der Waals surface area (Å²) < 4.78 is 2.09. The third-order valence-electron chi connectivity index (χ3n) is 6.20. The van der Waals surface area contributed by atoms with Crippen molar-refractivity contribution in [3.8, 4) is 6.07 Å². The SMILES string of the molecule is Cc1cccc(N2CCN(C(=O)/C=C/c3cn(CCC#N)c4ccccc34)CC2)c1C. The van der Waals surface area contributed by atoms with E-state index in [1.807, 2.05) is 29.3 Å². The predicted octanol–water partition coefficient (Wildman–Crippen LogP) is 4.53. The lowest BCUT2D eigenvalue weighted by Crippen LogP contribution is -2.48. The fourth-order valence-corrected chi connectivity index (χ4v) is 4.28. The molecule has 0 spiro atoms. The van der Waals surface area contributed by atoms with Crippen LogP contribution in [-0.2, 0) is 11.3 Å². The molecule has 0 atom stereocenters. The number of hydrogen-bond donors (Lipinski definition) is 0. The minimum Gasteiger partial charge on any atom is -0.368 e. The van der Waals surface area contributed by atoms with Crippen LogP contribution in [0.2, 0.25) is 0 Å². The molecule has 31 heavy (non-hydrogen) atoms. The molecule has 1 aliphatic rings. The van der Waals surface area contributed by atoms with E-state index in [0.717, 1.165) is 42.6 Å². The van der Waals surface area contributed by atoms with Gasteiger partial charge in [-0.15, -0.1) is 0 Å². The molecule has 158 valence electrons. The molecular formula is C26H28N4O. The molecule has 1 fully saturated rings. The van der Waals surface area contributed by atoms with Crippen molar-refractivity contribution in [1.29, 1.82) is 5.26 Å². The van der Waals surface area contributed by atoms with Gasteiger partial charge in [-0.25, -0.2) is 0 Å². The van der Waals surface area contributed by atoms with Gasteiger partial charge in [-0.1, -0.05) is 30.3 Å². The summed E-state index contributed by atoms with van der Waals surface area (Å²) in [7, 11) is 0. The van der Waals surface area contributed by atoms with E-state index in [2.05, 4.69) is 59.7 Å². The zero-order valence-corrected chi connectivity index (χ0v) is 18.2. The number of amides is 1. The Labute approximate surface area is 183 Å². The van der Waals surface area contributed by atoms with Gasteiger partial charge in [-0.05, 0) is 43.2 Å². The lowest BCUT2D eigenvalue weighted by molar-refractivity contribution is -0.126. The fourth-order valence-electron chi connectivity index (χ4n) is 4.28. The highest BCUT2D eigenvalue weighted by atomic mass is 16.2. The second-order valence-electron chi connectivity index (χ2n) is 8.07. The molecular weight excluding hydrogens is 384 g/mol. The van der Waals surface area contributed by atoms with Crippen molar-refractivity contribution in [1.82, 2.24) is 9.47 Å². The third kappa shape index (κ3) is 4.34. The van der Waals surface area contributed by atoms with Gasteiger partial charge >= 0.3 is 0 Å². The number of nitrogens with zero attached hydrogens (tertiary/aromatic N) is 4. The van der Waals surface area contributed by atoms with Gasteiger partial charge in [0.15, 0.2) is 0 Å². The Morgan fingerprint density at radius 3 is 2.61 bits per heavy atom. The average Bonchev–Trinajstić information content (AvgIpc) is 3.16. The number of hydrogen-bond acceptors (Lipinski definition) is 3. The first-order valence-electron chi connectivity index (χ1n) is 10.8. The van der Waals surface area contributed by atoms with Gasteiger partial charge in [0.05, 0.1) is 12.5 Å². The molecule has 3 aromatic rings. The van der Waals surface area contributed by atoms with Crippen LogP contribution in [0.4, 0.5) is 5.69 Å². The maximum absolute atomic E-state index is 12.8. The second-order valence-corrected chi connectivity index (χ2v) is 8.07. The first-order valence-corrected chi connectivity index (χ1v) is 10.8. The van der Waals surface area contributed by atoms with Gasteiger partial charge < -0.3 is 14.4 Å². The zero-order valence-electron chi connectivity index (χ0n) is 18.2. The van der Waals surface area contributed by atoms with Crippen LogP contribution in [-0.4, -0.2) is 41.6 Å². The van der Waals surface area contributed by atoms with Gasteiger partial charge in [-0.2, -0.15) is 5.26 Å². The summed E-state index contributed by atoms with van der Waals surface area (Å²) in [6.07, 6.45) is 6.09. The average molecular weight is 413 g/mol. The third-order valence-corrected chi connectivity index (χ3v) is 6.20. The van der Waals surface area contributed by atoms with Crippen molar-refractivity contribution in [3.63, 3.8) is 0 Å². The topological polar surface area (TPSA) is 52.3 Å². The van der Waals surface area contributed by atoms with Crippen molar-refractivity contribution in [2.45, 2.75) is 26.8 Å². The highest BCUT2D eigenvalue weighted by Gasteiger charge is 2.21. The van der Waals surface area contributed by atoms with Crippen LogP contribution in [0, 0.1) is 25.2 Å². The molecule has 0 N–H and O–H groups in total. The number of nitriles is 1. The molecule has 0 unspecified atom stereocenters. The van der Waals surface area contributed by atoms with E-state index in [0.29, 0.717) is 13.0 Å². The first-order chi connectivity index (χ1) is 15.1. The lowest BCUT2D eigenvalue weighted by atomic mass is 10.1. The smallest absolute Gasteiger partial charge is 0.246 e. The molecule has 5 nitrogen and oxygen atoms in total. The minimum absolute atomic E-state index is 0.0504. The van der Waals surface area contributed by atoms with Crippen molar-refractivity contribution in [2.75, 3.05) is 31.1 Å². The molecule has 0 radical (unpaired) electrons. The van der Waals surface area contributed by atoms with Crippen LogP contribution in [0.25, 0.3) is 17.0 Å². The van der Waals surface area contributed by atoms with Crippen molar-refractivity contribution < 1.29 is 4.79 Å². The van der Waals surface area contributed by atoms with Crippen molar-refractivity contribution in [3.05, 3.63) is 71.4 Å². The highest BCUT2D eigenvalue weighted by Crippen LogP contribution is 2.25. The van der Waals surface area contributed by atoms with Crippen LogP contribution in [0.15, 0.2) is 54.7 Å². The zero-order chi connectivity index (χ0) is 21.8. The highest BCUT2D eigenvalue weighted by molar-refractivity contribution is 5.96. The number of piperazine rings is 1. The van der Waals surface area contributed by atoms with Crippen LogP contribution in [0.5, 0.6) is 0 Å². The molecule has 0 aliphatic carbocycles. The summed E-state index contributed by atoms with van der Waals surface area (Å²) in [5, 5.41) is 10.0. The Morgan fingerprint density at radius 1 is 1.06 bits per heavy atom. The number of carbonyl (C=O) groups excluding carboxylic acids is 1. The van der Waals surface area contributed by atoms with Gasteiger partial charge in [0, 0.05) is 67.2 Å². The van der Waals surface area contributed by atoms with Crippen LogP contribution >= 0.6 is 0 Å². The molecule has 2 heterocycles. The molecule has 5 heteroatoms. The summed E-state index contributed by atoms with van der Waals surface area (Å²) in [4.78, 5) is 17.1. The van der Waals surface area contributed by atoms with Crippen molar-refractivity contribution >= 4 is 28.6 Å². The van der Waals surface area contributed by atoms with E-state index in [4.69, 9.17) is 5.26 Å². The quantitative estimate of drug-likeness (QED) is 0.579. The summed E-state index contributed by atoms with van der Waals surface area (Å²) in [5.41, 5.74) is 5.98. The minimum atomic E-state index is 0.0504. The van der Waals surface area contributed by atoms with E-state index in [1.54, 1.807) is 6.08 Å². The fraction of sp³-hybridized carbons (Fsp3) is 0.308. The van der Waals surface area contributed by atoms with Gasteiger partial charge in [0.2, 0.25) is 5.91 Å². The van der Waals surface area contributed by atoms with Crippen LogP contribution in [0.3, 0.4) is 0 Å². The first kappa shape index (κ1) is 20.7. The Kier molecular flexibility index (Phi) is 6.08. The molecule has 2 aromatic carbocycles. The molecule has 0 saturated carbocycles. The number of aryl methyl sites for hydroxylation is 2. The number of aromatic nitrogens is 1. The normalized spacial score (nSPS) is 14.4. The number of benzene rings is 2. The van der Waals surface area contributed by atoms with E-state index in [9.17, 15) is 4.79 Å². The monoisotopic (exact) mass is 412 g/mol. The summed E-state index contributed by atoms with van der Waals surface area (Å²) in [6.45, 7) is 8.09. The lowest BCUT2D eigenvalue weighted by Gasteiger charge is -2.36. The number of anilines is 1. The van der Waals surface area contributed by atoms with Crippen LogP contribution < -0.4 is 4.90 Å². The Hall–Kier alpha value is -3.52. The van der Waals surface area contributed by atoms with Gasteiger partial charge in [0.25, 0.3) is 0 Å². The molecule has 1 aliphatic heterocycles. The number of fused-ring (bicyclic) bond motifs is 1. The maximum Gasteiger partial charge on any atom is 0.246 e. The second kappa shape index (κ2) is 9.09. The standard InChI is InChI=1S/C26H28N4O/c1-20-7-5-10-24(21(20)2)28-15-17-29(18-16-28)26(31)12-11-22-19-30(14-6-13-27)25-9-4-3-8-23(22)25/h3-5,7-12,19H,6,14-18H2,1-2H3/b12-11+. The van der Waals surface area contributed by atoms with E-state index < -0.39 is 0 Å². The van der Waals surface area contributed by atoms with E-state index in [-0.39, 0.29) is 5.91 Å². The predicted molar refractivity (Wildman–Crippen MR) is 126 cm³/mol. The summed E-state index contributed by atoms with van der Waals surface area (Å²) >= 11 is 0. The Balaban J connectivity index is 1.44. The molecule has 0 bridgehead atoms. The van der Waals surface area contributed by atoms with Crippen LogP contribution in [0.1, 0.15) is 23.1 Å². The van der Waals surface area contributed by atoms with Gasteiger partial charge in [0.1, 0.15) is 0 Å². The molecule has 1 saturated heterocycles. The summed E-state index contributed by atoms with van der Waals surface area (Å²) in [6, 6.07) is 16.7. The number of rotatable bonds is 5. The Bertz CT molecular complexity index is 1160. The largest absolute Gasteiger partial charge is 0.368 e. The van der Waals surface area contributed by atoms with E-state index >= 15 is 0 Å². The Morgan fingerprint density at radius 2 is 1.84 bits per heavy atom. The molecule has 1 aromatic heterocycles. The molecule has 1 amide bonds. The maximum atomic E-state index is 12.8. The van der Waals surface area contributed by atoms with E-state index in [1.165, 1.54) is 16.8 Å². The molecule has 4 rings (SSSR count). The number of para-hydroxylation sites is 1. The van der Waals surface area contributed by atoms with Gasteiger partial charge in [-0.3, -0.25) is 4.79 Å². The number of carbonyl (C=O) groups is 1. The van der Waals surface area contributed by atoms with Crippen molar-refractivity contribution in [2.24, 2.45) is 0 Å².